The number of aromatic nitrogens is 2. The normalized spacial score (nSPS) is 19.9. The largest absolute Gasteiger partial charge is 0.385 e. The Morgan fingerprint density at radius 2 is 2.33 bits per heavy atom. The summed E-state index contributed by atoms with van der Waals surface area (Å²) in [5.41, 5.74) is 1.35. The van der Waals surface area contributed by atoms with E-state index in [1.165, 1.54) is 4.57 Å². The molecule has 0 amide bonds. The molecule has 1 unspecified atom stereocenters. The van der Waals surface area contributed by atoms with E-state index in [1.54, 1.807) is 18.2 Å². The topological polar surface area (TPSA) is 55.1 Å². The molecule has 0 aliphatic carbocycles. The number of aliphatic hydroxyl groups is 1. The number of aliphatic hydroxyl groups excluding tert-OH is 1. The average molecular weight is 223 g/mol. The molecule has 2 heterocycles. The van der Waals surface area contributed by atoms with Crippen LogP contribution < -0.4 is 0 Å². The molecule has 5 heteroatoms. The molecule has 1 aliphatic heterocycles. The van der Waals surface area contributed by atoms with E-state index in [1.807, 2.05) is 0 Å². The second-order valence-electron chi connectivity index (χ2n) is 3.55. The first-order valence-corrected chi connectivity index (χ1v) is 4.94. The van der Waals surface area contributed by atoms with Gasteiger partial charge in [0.05, 0.1) is 17.5 Å². The van der Waals surface area contributed by atoms with Gasteiger partial charge in [0.2, 0.25) is 5.91 Å². The van der Waals surface area contributed by atoms with Crippen molar-refractivity contribution in [3.8, 4) is 0 Å². The molecule has 0 saturated carbocycles. The fraction of sp³-hybridized carbons (Fsp3) is 0.200. The number of hydrogen-bond donors (Lipinski definition) is 1. The summed E-state index contributed by atoms with van der Waals surface area (Å²) >= 11 is 5.82. The van der Waals surface area contributed by atoms with Crippen LogP contribution in [0.1, 0.15) is 23.1 Å². The van der Waals surface area contributed by atoms with Crippen molar-refractivity contribution >= 4 is 28.5 Å². The van der Waals surface area contributed by atoms with E-state index in [-0.39, 0.29) is 12.3 Å². The minimum Gasteiger partial charge on any atom is -0.385 e. The summed E-state index contributed by atoms with van der Waals surface area (Å²) in [6, 6.07) is 5.13. The van der Waals surface area contributed by atoms with Crippen LogP contribution in [0.25, 0.3) is 11.0 Å². The first kappa shape index (κ1) is 8.88. The number of hydrogen-bond acceptors (Lipinski definition) is 3. The highest BCUT2D eigenvalue weighted by Crippen LogP contribution is 2.30. The van der Waals surface area contributed by atoms with E-state index >= 15 is 0 Å². The highest BCUT2D eigenvalue weighted by Gasteiger charge is 2.31. The zero-order chi connectivity index (χ0) is 10.6. The van der Waals surface area contributed by atoms with Gasteiger partial charge < -0.3 is 5.11 Å². The van der Waals surface area contributed by atoms with Gasteiger partial charge in [-0.05, 0) is 18.2 Å². The van der Waals surface area contributed by atoms with Crippen LogP contribution in [-0.2, 0) is 0 Å². The van der Waals surface area contributed by atoms with Crippen LogP contribution in [0, 0.1) is 0 Å². The molecule has 1 aliphatic rings. The Morgan fingerprint density at radius 1 is 1.53 bits per heavy atom. The highest BCUT2D eigenvalue weighted by atomic mass is 35.5. The number of halogens is 1. The van der Waals surface area contributed by atoms with E-state index < -0.39 is 6.10 Å². The standard InChI is InChI=1S/C10H7ClN2O2/c11-5-1-2-7-6(3-5)12-10-8(14)4-9(15)13(7)10/h1-3,8,14H,4H2. The Bertz CT molecular complexity index is 576. The van der Waals surface area contributed by atoms with Crippen LogP contribution in [0.2, 0.25) is 5.02 Å². The van der Waals surface area contributed by atoms with Gasteiger partial charge >= 0.3 is 0 Å². The monoisotopic (exact) mass is 222 g/mol. The zero-order valence-electron chi connectivity index (χ0n) is 7.64. The molecule has 0 radical (unpaired) electrons. The van der Waals surface area contributed by atoms with Crippen molar-refractivity contribution < 1.29 is 9.90 Å². The lowest BCUT2D eigenvalue weighted by Crippen LogP contribution is -2.02. The Morgan fingerprint density at radius 3 is 3.13 bits per heavy atom. The summed E-state index contributed by atoms with van der Waals surface area (Å²) in [6.07, 6.45) is -0.676. The zero-order valence-corrected chi connectivity index (χ0v) is 8.40. The SMILES string of the molecule is O=C1CC(O)c2nc3cc(Cl)ccc3n21. The van der Waals surface area contributed by atoms with Crippen LogP contribution in [-0.4, -0.2) is 20.6 Å². The molecule has 4 nitrogen and oxygen atoms in total. The van der Waals surface area contributed by atoms with Crippen LogP contribution in [0.5, 0.6) is 0 Å². The molecule has 1 atom stereocenters. The Hall–Kier alpha value is -1.39. The van der Waals surface area contributed by atoms with Gasteiger partial charge in [-0.15, -0.1) is 0 Å². The molecular formula is C10H7ClN2O2. The quantitative estimate of drug-likeness (QED) is 0.739. The average Bonchev–Trinajstić information content (AvgIpc) is 2.66. The number of imidazole rings is 1. The summed E-state index contributed by atoms with van der Waals surface area (Å²) in [5, 5.41) is 10.2. The maximum Gasteiger partial charge on any atom is 0.235 e. The summed E-state index contributed by atoms with van der Waals surface area (Å²) in [6.45, 7) is 0. The maximum atomic E-state index is 11.6. The molecule has 1 N–H and O–H groups in total. The van der Waals surface area contributed by atoms with Crippen molar-refractivity contribution in [2.24, 2.45) is 0 Å². The van der Waals surface area contributed by atoms with Gasteiger partial charge in [0.25, 0.3) is 0 Å². The molecule has 0 spiro atoms. The Labute approximate surface area is 90.1 Å². The molecular weight excluding hydrogens is 216 g/mol. The van der Waals surface area contributed by atoms with Gasteiger partial charge in [0, 0.05) is 5.02 Å². The third kappa shape index (κ3) is 1.12. The van der Waals surface area contributed by atoms with E-state index in [2.05, 4.69) is 4.98 Å². The molecule has 0 fully saturated rings. The molecule has 1 aromatic carbocycles. The van der Waals surface area contributed by atoms with Crippen molar-refractivity contribution in [3.63, 3.8) is 0 Å². The molecule has 3 rings (SSSR count). The van der Waals surface area contributed by atoms with Gasteiger partial charge in [0.1, 0.15) is 11.9 Å². The minimum atomic E-state index is -0.788. The molecule has 76 valence electrons. The maximum absolute atomic E-state index is 11.6. The lowest BCUT2D eigenvalue weighted by molar-refractivity contribution is 0.0881. The molecule has 15 heavy (non-hydrogen) atoms. The Balaban J connectivity index is 2.39. The highest BCUT2D eigenvalue weighted by molar-refractivity contribution is 6.31. The van der Waals surface area contributed by atoms with Crippen molar-refractivity contribution in [3.05, 3.63) is 29.0 Å². The third-order valence-corrected chi connectivity index (χ3v) is 2.79. The fourth-order valence-corrected chi connectivity index (χ4v) is 2.07. The summed E-state index contributed by atoms with van der Waals surface area (Å²) < 4.78 is 1.45. The van der Waals surface area contributed by atoms with Crippen LogP contribution in [0.4, 0.5) is 0 Å². The number of carbonyl (C=O) groups is 1. The molecule has 0 bridgehead atoms. The number of nitrogens with zero attached hydrogens (tertiary/aromatic N) is 2. The first-order valence-electron chi connectivity index (χ1n) is 4.56. The molecule has 0 saturated heterocycles. The van der Waals surface area contributed by atoms with Crippen LogP contribution >= 0.6 is 11.6 Å². The summed E-state index contributed by atoms with van der Waals surface area (Å²) in [5.74, 6) is 0.291. The smallest absolute Gasteiger partial charge is 0.235 e. The van der Waals surface area contributed by atoms with Gasteiger partial charge in [0.15, 0.2) is 0 Å². The van der Waals surface area contributed by atoms with Gasteiger partial charge in [-0.1, -0.05) is 11.6 Å². The van der Waals surface area contributed by atoms with E-state index in [4.69, 9.17) is 11.6 Å². The van der Waals surface area contributed by atoms with Crippen molar-refractivity contribution in [2.75, 3.05) is 0 Å². The predicted octanol–water partition coefficient (Wildman–Crippen LogP) is 1.77. The fourth-order valence-electron chi connectivity index (χ4n) is 1.91. The third-order valence-electron chi connectivity index (χ3n) is 2.56. The van der Waals surface area contributed by atoms with Crippen molar-refractivity contribution in [2.45, 2.75) is 12.5 Å². The molecule has 1 aromatic heterocycles. The van der Waals surface area contributed by atoms with Gasteiger partial charge in [-0.3, -0.25) is 9.36 Å². The summed E-state index contributed by atoms with van der Waals surface area (Å²) in [7, 11) is 0. The second kappa shape index (κ2) is 2.81. The van der Waals surface area contributed by atoms with E-state index in [9.17, 15) is 9.90 Å². The van der Waals surface area contributed by atoms with Crippen LogP contribution in [0.15, 0.2) is 18.2 Å². The van der Waals surface area contributed by atoms with E-state index in [0.717, 1.165) is 0 Å². The minimum absolute atomic E-state index is 0.112. The van der Waals surface area contributed by atoms with Crippen molar-refractivity contribution in [1.29, 1.82) is 0 Å². The van der Waals surface area contributed by atoms with Crippen molar-refractivity contribution in [1.82, 2.24) is 9.55 Å². The van der Waals surface area contributed by atoms with E-state index in [0.29, 0.717) is 21.9 Å². The number of carbonyl (C=O) groups excluding carboxylic acids is 1. The predicted molar refractivity (Wildman–Crippen MR) is 54.9 cm³/mol. The van der Waals surface area contributed by atoms with Gasteiger partial charge in [-0.25, -0.2) is 4.98 Å². The van der Waals surface area contributed by atoms with Gasteiger partial charge in [-0.2, -0.15) is 0 Å². The number of fused-ring (bicyclic) bond motifs is 3. The lowest BCUT2D eigenvalue weighted by Gasteiger charge is -1.95. The lowest BCUT2D eigenvalue weighted by atomic mass is 10.3. The molecule has 2 aromatic rings. The number of rotatable bonds is 0. The summed E-state index contributed by atoms with van der Waals surface area (Å²) in [4.78, 5) is 15.8. The second-order valence-corrected chi connectivity index (χ2v) is 3.99. The van der Waals surface area contributed by atoms with Crippen LogP contribution in [0.3, 0.4) is 0 Å². The Kier molecular flexibility index (Phi) is 1.66. The number of benzene rings is 1. The first-order chi connectivity index (χ1) is 7.16.